The molecule has 1 aromatic heterocycles. The summed E-state index contributed by atoms with van der Waals surface area (Å²) in [7, 11) is 1.43. The molecule has 27 heavy (non-hydrogen) atoms. The third kappa shape index (κ3) is 6.63. The second-order valence-corrected chi connectivity index (χ2v) is 6.07. The Morgan fingerprint density at radius 1 is 1.22 bits per heavy atom. The van der Waals surface area contributed by atoms with E-state index in [4.69, 9.17) is 20.8 Å². The van der Waals surface area contributed by atoms with E-state index >= 15 is 0 Å². The van der Waals surface area contributed by atoms with Crippen molar-refractivity contribution in [1.29, 1.82) is 0 Å². The largest absolute Gasteiger partial charge is 0.462 e. The molecule has 0 atom stereocenters. The molecular weight excluding hydrogens is 372 g/mol. The standard InChI is InChI=1S/C19H19ClN2O5/c1-13-7-8-14(27-13)9-10-19(25)26-12-18(24)22(2)11-17(23)21-16-6-4-3-5-15(16)20/h3-10H,11-12H2,1-2H3,(H,21,23)/b10-9+. The smallest absolute Gasteiger partial charge is 0.331 e. The molecule has 0 unspecified atom stereocenters. The molecule has 0 bridgehead atoms. The molecule has 0 saturated heterocycles. The Balaban J connectivity index is 1.76. The minimum Gasteiger partial charge on any atom is -0.462 e. The highest BCUT2D eigenvalue weighted by Gasteiger charge is 2.15. The number of nitrogens with one attached hydrogen (secondary N) is 1. The van der Waals surface area contributed by atoms with Gasteiger partial charge in [-0.2, -0.15) is 0 Å². The first kappa shape index (κ1) is 20.3. The predicted molar refractivity (Wildman–Crippen MR) is 101 cm³/mol. The van der Waals surface area contributed by atoms with E-state index in [1.54, 1.807) is 43.3 Å². The minimum absolute atomic E-state index is 0.205. The zero-order chi connectivity index (χ0) is 19.8. The Hall–Kier alpha value is -3.06. The number of aryl methyl sites for hydroxylation is 1. The molecule has 1 aromatic carbocycles. The van der Waals surface area contributed by atoms with E-state index in [1.807, 2.05) is 0 Å². The average Bonchev–Trinajstić information content (AvgIpc) is 3.05. The number of halogens is 1. The maximum absolute atomic E-state index is 12.0. The Kier molecular flexibility index (Phi) is 7.19. The van der Waals surface area contributed by atoms with E-state index in [2.05, 4.69) is 5.32 Å². The van der Waals surface area contributed by atoms with Crippen LogP contribution in [0.25, 0.3) is 6.08 Å². The molecule has 0 aliphatic heterocycles. The van der Waals surface area contributed by atoms with Crippen LogP contribution < -0.4 is 5.32 Å². The normalized spacial score (nSPS) is 10.6. The number of benzene rings is 1. The van der Waals surface area contributed by atoms with E-state index in [0.29, 0.717) is 16.5 Å². The molecule has 0 spiro atoms. The van der Waals surface area contributed by atoms with Crippen molar-refractivity contribution in [1.82, 2.24) is 4.90 Å². The molecule has 2 amide bonds. The van der Waals surface area contributed by atoms with Gasteiger partial charge in [-0.1, -0.05) is 23.7 Å². The molecule has 1 heterocycles. The first-order valence-electron chi connectivity index (χ1n) is 8.05. The van der Waals surface area contributed by atoms with E-state index in [-0.39, 0.29) is 6.54 Å². The van der Waals surface area contributed by atoms with Gasteiger partial charge in [-0.3, -0.25) is 9.59 Å². The lowest BCUT2D eigenvalue weighted by Crippen LogP contribution is -2.37. The fourth-order valence-corrected chi connectivity index (χ4v) is 2.22. The summed E-state index contributed by atoms with van der Waals surface area (Å²) in [6.45, 7) is 1.10. The second kappa shape index (κ2) is 9.59. The van der Waals surface area contributed by atoms with Crippen LogP contribution in [0, 0.1) is 6.92 Å². The van der Waals surface area contributed by atoms with Gasteiger partial charge in [0.25, 0.3) is 5.91 Å². The topological polar surface area (TPSA) is 88.9 Å². The molecule has 0 saturated carbocycles. The molecule has 2 aromatic rings. The molecule has 7 nitrogen and oxygen atoms in total. The van der Waals surface area contributed by atoms with Crippen LogP contribution in [0.5, 0.6) is 0 Å². The summed E-state index contributed by atoms with van der Waals surface area (Å²) in [5, 5.41) is 3.00. The van der Waals surface area contributed by atoms with Gasteiger partial charge in [0.2, 0.25) is 5.91 Å². The number of para-hydroxylation sites is 1. The molecule has 8 heteroatoms. The fraction of sp³-hybridized carbons (Fsp3) is 0.211. The number of carbonyl (C=O) groups excluding carboxylic acids is 3. The van der Waals surface area contributed by atoms with Crippen LogP contribution in [-0.4, -0.2) is 42.9 Å². The molecule has 1 N–H and O–H groups in total. The minimum atomic E-state index is -0.689. The molecule has 0 aliphatic rings. The SMILES string of the molecule is Cc1ccc(/C=C/C(=O)OCC(=O)N(C)CC(=O)Nc2ccccc2Cl)o1. The Morgan fingerprint density at radius 2 is 1.96 bits per heavy atom. The van der Waals surface area contributed by atoms with E-state index in [9.17, 15) is 14.4 Å². The van der Waals surface area contributed by atoms with Crippen LogP contribution >= 0.6 is 11.6 Å². The summed E-state index contributed by atoms with van der Waals surface area (Å²) in [6, 6.07) is 10.2. The third-order valence-electron chi connectivity index (χ3n) is 3.44. The summed E-state index contributed by atoms with van der Waals surface area (Å²) in [5.41, 5.74) is 0.453. The predicted octanol–water partition coefficient (Wildman–Crippen LogP) is 2.89. The Morgan fingerprint density at radius 3 is 2.63 bits per heavy atom. The van der Waals surface area contributed by atoms with Gasteiger partial charge in [0.15, 0.2) is 6.61 Å². The molecule has 142 valence electrons. The number of hydrogen-bond acceptors (Lipinski definition) is 5. The number of nitrogens with zero attached hydrogens (tertiary/aromatic N) is 1. The number of likely N-dealkylation sites (N-methyl/N-ethyl adjacent to an activating group) is 1. The molecular formula is C19H19ClN2O5. The summed E-state index contributed by atoms with van der Waals surface area (Å²) < 4.78 is 10.1. The van der Waals surface area contributed by atoms with E-state index < -0.39 is 24.4 Å². The Labute approximate surface area is 161 Å². The van der Waals surface area contributed by atoms with E-state index in [0.717, 1.165) is 16.7 Å². The van der Waals surface area contributed by atoms with Gasteiger partial charge < -0.3 is 19.4 Å². The monoisotopic (exact) mass is 390 g/mol. The highest BCUT2D eigenvalue weighted by Crippen LogP contribution is 2.20. The lowest BCUT2D eigenvalue weighted by atomic mass is 10.3. The van der Waals surface area contributed by atoms with Crippen molar-refractivity contribution in [2.75, 3.05) is 25.5 Å². The van der Waals surface area contributed by atoms with Crippen molar-refractivity contribution in [3.63, 3.8) is 0 Å². The fourth-order valence-electron chi connectivity index (χ4n) is 2.04. The van der Waals surface area contributed by atoms with Crippen molar-refractivity contribution in [3.05, 3.63) is 59.0 Å². The number of ether oxygens (including phenoxy) is 1. The van der Waals surface area contributed by atoms with Crippen molar-refractivity contribution < 1.29 is 23.5 Å². The Bertz CT molecular complexity index is 859. The van der Waals surface area contributed by atoms with Gasteiger partial charge in [0, 0.05) is 13.1 Å². The summed E-state index contributed by atoms with van der Waals surface area (Å²) in [5.74, 6) is -0.399. The maximum Gasteiger partial charge on any atom is 0.331 e. The van der Waals surface area contributed by atoms with Gasteiger partial charge >= 0.3 is 5.97 Å². The van der Waals surface area contributed by atoms with Crippen molar-refractivity contribution in [2.24, 2.45) is 0 Å². The number of amides is 2. The quantitative estimate of drug-likeness (QED) is 0.580. The lowest BCUT2D eigenvalue weighted by Gasteiger charge is -2.16. The molecule has 2 rings (SSSR count). The molecule has 0 aliphatic carbocycles. The average molecular weight is 391 g/mol. The van der Waals surface area contributed by atoms with Crippen LogP contribution in [0.2, 0.25) is 5.02 Å². The van der Waals surface area contributed by atoms with Gasteiger partial charge in [-0.05, 0) is 37.3 Å². The summed E-state index contributed by atoms with van der Waals surface area (Å²) >= 11 is 5.96. The second-order valence-electron chi connectivity index (χ2n) is 5.67. The van der Waals surface area contributed by atoms with Gasteiger partial charge in [0.05, 0.1) is 17.3 Å². The van der Waals surface area contributed by atoms with Gasteiger partial charge in [-0.25, -0.2) is 4.79 Å². The molecule has 0 fully saturated rings. The highest BCUT2D eigenvalue weighted by molar-refractivity contribution is 6.33. The number of esters is 1. The van der Waals surface area contributed by atoms with Crippen molar-refractivity contribution >= 4 is 41.1 Å². The van der Waals surface area contributed by atoms with Crippen LogP contribution in [0.15, 0.2) is 46.9 Å². The first-order chi connectivity index (χ1) is 12.8. The summed E-state index contributed by atoms with van der Waals surface area (Å²) in [6.07, 6.45) is 2.61. The number of hydrogen-bond donors (Lipinski definition) is 1. The van der Waals surface area contributed by atoms with Gasteiger partial charge in [-0.15, -0.1) is 0 Å². The van der Waals surface area contributed by atoms with Crippen LogP contribution in [0.1, 0.15) is 11.5 Å². The number of anilines is 1. The first-order valence-corrected chi connectivity index (χ1v) is 8.42. The zero-order valence-electron chi connectivity index (χ0n) is 14.9. The van der Waals surface area contributed by atoms with E-state index in [1.165, 1.54) is 13.1 Å². The van der Waals surface area contributed by atoms with Crippen LogP contribution in [0.3, 0.4) is 0 Å². The summed E-state index contributed by atoms with van der Waals surface area (Å²) in [4.78, 5) is 36.8. The highest BCUT2D eigenvalue weighted by atomic mass is 35.5. The van der Waals surface area contributed by atoms with Crippen molar-refractivity contribution in [2.45, 2.75) is 6.92 Å². The van der Waals surface area contributed by atoms with Crippen LogP contribution in [-0.2, 0) is 19.1 Å². The number of furan rings is 1. The van der Waals surface area contributed by atoms with Gasteiger partial charge in [0.1, 0.15) is 11.5 Å². The third-order valence-corrected chi connectivity index (χ3v) is 3.77. The van der Waals surface area contributed by atoms with Crippen LogP contribution in [0.4, 0.5) is 5.69 Å². The lowest BCUT2D eigenvalue weighted by molar-refractivity contribution is -0.148. The number of rotatable bonds is 7. The maximum atomic E-state index is 12.0. The number of carbonyl (C=O) groups is 3. The van der Waals surface area contributed by atoms with Crippen molar-refractivity contribution in [3.8, 4) is 0 Å². The molecule has 0 radical (unpaired) electrons. The zero-order valence-corrected chi connectivity index (χ0v) is 15.7.